The van der Waals surface area contributed by atoms with Crippen molar-refractivity contribution in [1.29, 1.82) is 0 Å². The van der Waals surface area contributed by atoms with Gasteiger partial charge in [-0.05, 0) is 19.8 Å². The van der Waals surface area contributed by atoms with Gasteiger partial charge in [-0.3, -0.25) is 4.79 Å². The second-order valence-corrected chi connectivity index (χ2v) is 5.79. The number of carbonyl (C=O) groups is 1. The Morgan fingerprint density at radius 3 is 2.84 bits per heavy atom. The summed E-state index contributed by atoms with van der Waals surface area (Å²) in [6, 6.07) is -0.478. The maximum atomic E-state index is 10.9. The molecular weight excluding hydrogens is 262 g/mol. The van der Waals surface area contributed by atoms with Gasteiger partial charge in [-0.2, -0.15) is 0 Å². The monoisotopic (exact) mass is 283 g/mol. The van der Waals surface area contributed by atoms with Crippen molar-refractivity contribution in [3.05, 3.63) is 11.1 Å². The van der Waals surface area contributed by atoms with Gasteiger partial charge in [-0.25, -0.2) is 4.98 Å². The third-order valence-corrected chi connectivity index (χ3v) is 4.59. The summed E-state index contributed by atoms with van der Waals surface area (Å²) in [6.07, 6.45) is 6.27. The van der Waals surface area contributed by atoms with Gasteiger partial charge >= 0.3 is 5.97 Å². The molecule has 19 heavy (non-hydrogen) atoms. The van der Waals surface area contributed by atoms with Crippen molar-refractivity contribution in [2.45, 2.75) is 51.1 Å². The second-order valence-electron chi connectivity index (χ2n) is 4.95. The molecule has 1 aromatic heterocycles. The first-order valence-corrected chi connectivity index (χ1v) is 7.72. The van der Waals surface area contributed by atoms with E-state index in [1.54, 1.807) is 5.38 Å². The summed E-state index contributed by atoms with van der Waals surface area (Å²) in [5.74, 6) is -1.03. The van der Waals surface area contributed by atoms with Crippen LogP contribution < -0.4 is 10.6 Å². The lowest BCUT2D eigenvalue weighted by molar-refractivity contribution is -0.138. The van der Waals surface area contributed by atoms with Crippen LogP contribution in [0.25, 0.3) is 0 Å². The molecule has 0 aromatic carbocycles. The number of carboxylic acids is 1. The Bertz CT molecular complexity index is 429. The first-order chi connectivity index (χ1) is 9.13. The second kappa shape index (κ2) is 6.34. The normalized spacial score (nSPS) is 18.2. The minimum absolute atomic E-state index is 0.460. The molecular formula is C13H21N3O2S. The zero-order chi connectivity index (χ0) is 13.8. The van der Waals surface area contributed by atoms with Crippen LogP contribution in [0.2, 0.25) is 0 Å². The lowest BCUT2D eigenvalue weighted by atomic mass is 9.94. The number of nitrogens with zero attached hydrogens (tertiary/aromatic N) is 2. The number of aromatic nitrogens is 1. The highest BCUT2D eigenvalue weighted by Crippen LogP contribution is 2.30. The molecule has 1 aromatic rings. The summed E-state index contributed by atoms with van der Waals surface area (Å²) >= 11 is 1.49. The highest BCUT2D eigenvalue weighted by atomic mass is 32.1. The number of carboxylic acid groups (broad SMARTS) is 1. The van der Waals surface area contributed by atoms with Crippen molar-refractivity contribution in [3.63, 3.8) is 0 Å². The summed E-state index contributed by atoms with van der Waals surface area (Å²) in [5, 5.41) is 11.6. The first kappa shape index (κ1) is 14.3. The molecule has 106 valence electrons. The zero-order valence-electron chi connectivity index (χ0n) is 11.2. The topological polar surface area (TPSA) is 79.5 Å². The SMILES string of the molecule is CCN(c1nc(C(N)C(=O)O)cs1)C1CCCCC1. The quantitative estimate of drug-likeness (QED) is 0.867. The number of thiazole rings is 1. The maximum absolute atomic E-state index is 10.9. The van der Waals surface area contributed by atoms with Gasteiger partial charge in [0, 0.05) is 18.0 Å². The molecule has 1 atom stereocenters. The molecule has 1 unspecified atom stereocenters. The van der Waals surface area contributed by atoms with Gasteiger partial charge in [0.2, 0.25) is 0 Å². The van der Waals surface area contributed by atoms with Gasteiger partial charge in [-0.1, -0.05) is 19.3 Å². The highest BCUT2D eigenvalue weighted by molar-refractivity contribution is 7.13. The van der Waals surface area contributed by atoms with Crippen molar-refractivity contribution in [1.82, 2.24) is 4.98 Å². The van der Waals surface area contributed by atoms with Crippen molar-refractivity contribution < 1.29 is 9.90 Å². The van der Waals surface area contributed by atoms with E-state index < -0.39 is 12.0 Å². The van der Waals surface area contributed by atoms with Crippen LogP contribution in [0, 0.1) is 0 Å². The lowest BCUT2D eigenvalue weighted by Gasteiger charge is -2.33. The predicted octanol–water partition coefficient (Wildman–Crippen LogP) is 2.39. The maximum Gasteiger partial charge on any atom is 0.326 e. The Kier molecular flexibility index (Phi) is 4.76. The number of aliphatic carboxylic acids is 1. The van der Waals surface area contributed by atoms with Crippen LogP contribution in [-0.2, 0) is 4.79 Å². The van der Waals surface area contributed by atoms with Gasteiger partial charge < -0.3 is 15.7 Å². The molecule has 0 amide bonds. The fraction of sp³-hybridized carbons (Fsp3) is 0.692. The van der Waals surface area contributed by atoms with E-state index in [2.05, 4.69) is 16.8 Å². The molecule has 1 heterocycles. The third kappa shape index (κ3) is 3.25. The Morgan fingerprint density at radius 1 is 1.58 bits per heavy atom. The highest BCUT2D eigenvalue weighted by Gasteiger charge is 2.24. The van der Waals surface area contributed by atoms with Crippen LogP contribution in [0.3, 0.4) is 0 Å². The number of hydrogen-bond acceptors (Lipinski definition) is 5. The van der Waals surface area contributed by atoms with Gasteiger partial charge in [0.1, 0.15) is 6.04 Å². The van der Waals surface area contributed by atoms with Crippen LogP contribution >= 0.6 is 11.3 Å². The Labute approximate surface area is 117 Å². The van der Waals surface area contributed by atoms with Crippen LogP contribution in [0.15, 0.2) is 5.38 Å². The van der Waals surface area contributed by atoms with Crippen LogP contribution in [0.5, 0.6) is 0 Å². The lowest BCUT2D eigenvalue weighted by Crippen LogP contribution is -2.36. The average molecular weight is 283 g/mol. The molecule has 1 aliphatic carbocycles. The molecule has 0 bridgehead atoms. The van der Waals surface area contributed by atoms with Crippen molar-refractivity contribution in [2.75, 3.05) is 11.4 Å². The molecule has 3 N–H and O–H groups in total. The summed E-state index contributed by atoms with van der Waals surface area (Å²) in [7, 11) is 0. The third-order valence-electron chi connectivity index (χ3n) is 3.70. The molecule has 1 saturated carbocycles. The Hall–Kier alpha value is -1.14. The van der Waals surface area contributed by atoms with E-state index in [-0.39, 0.29) is 0 Å². The summed E-state index contributed by atoms with van der Waals surface area (Å²) in [4.78, 5) is 17.6. The summed E-state index contributed by atoms with van der Waals surface area (Å²) < 4.78 is 0. The Morgan fingerprint density at radius 2 is 2.26 bits per heavy atom. The minimum atomic E-state index is -1.03. The summed E-state index contributed by atoms with van der Waals surface area (Å²) in [5.41, 5.74) is 6.06. The van der Waals surface area contributed by atoms with Gasteiger partial charge in [0.05, 0.1) is 5.69 Å². The van der Waals surface area contributed by atoms with Crippen molar-refractivity contribution >= 4 is 22.4 Å². The smallest absolute Gasteiger partial charge is 0.326 e. The van der Waals surface area contributed by atoms with E-state index in [9.17, 15) is 4.79 Å². The minimum Gasteiger partial charge on any atom is -0.480 e. The number of rotatable bonds is 5. The number of hydrogen-bond donors (Lipinski definition) is 2. The first-order valence-electron chi connectivity index (χ1n) is 6.84. The molecule has 6 heteroatoms. The van der Waals surface area contributed by atoms with Crippen LogP contribution in [-0.4, -0.2) is 28.6 Å². The number of nitrogens with two attached hydrogens (primary N) is 1. The molecule has 0 saturated heterocycles. The van der Waals surface area contributed by atoms with Crippen molar-refractivity contribution in [2.24, 2.45) is 5.73 Å². The fourth-order valence-electron chi connectivity index (χ4n) is 2.62. The van der Waals surface area contributed by atoms with Crippen molar-refractivity contribution in [3.8, 4) is 0 Å². The van der Waals surface area contributed by atoms with E-state index in [4.69, 9.17) is 10.8 Å². The molecule has 0 spiro atoms. The largest absolute Gasteiger partial charge is 0.480 e. The van der Waals surface area contributed by atoms with Gasteiger partial charge in [0.25, 0.3) is 0 Å². The molecule has 0 aliphatic heterocycles. The standard InChI is InChI=1S/C13H21N3O2S/c1-2-16(9-6-4-3-5-7-9)13-15-10(8-19-13)11(14)12(17)18/h8-9,11H,2-7,14H2,1H3,(H,17,18). The van der Waals surface area contributed by atoms with Gasteiger partial charge in [0.15, 0.2) is 5.13 Å². The van der Waals surface area contributed by atoms with Gasteiger partial charge in [-0.15, -0.1) is 11.3 Å². The predicted molar refractivity (Wildman–Crippen MR) is 76.6 cm³/mol. The van der Waals surface area contributed by atoms with Crippen LogP contribution in [0.1, 0.15) is 50.8 Å². The van der Waals surface area contributed by atoms with E-state index in [0.29, 0.717) is 11.7 Å². The van der Waals surface area contributed by atoms with E-state index in [0.717, 1.165) is 11.7 Å². The van der Waals surface area contributed by atoms with Crippen LogP contribution in [0.4, 0.5) is 5.13 Å². The molecule has 1 fully saturated rings. The molecule has 5 nitrogen and oxygen atoms in total. The fourth-order valence-corrected chi connectivity index (χ4v) is 3.62. The average Bonchev–Trinajstić information content (AvgIpc) is 2.89. The van der Waals surface area contributed by atoms with E-state index >= 15 is 0 Å². The summed E-state index contributed by atoms with van der Waals surface area (Å²) in [6.45, 7) is 3.02. The molecule has 1 aliphatic rings. The van der Waals surface area contributed by atoms with E-state index in [1.807, 2.05) is 0 Å². The van der Waals surface area contributed by atoms with E-state index in [1.165, 1.54) is 43.4 Å². The zero-order valence-corrected chi connectivity index (χ0v) is 12.0. The molecule has 0 radical (unpaired) electrons. The molecule has 2 rings (SSSR count). The Balaban J connectivity index is 2.12. The number of anilines is 1.